The second-order valence-corrected chi connectivity index (χ2v) is 7.35. The van der Waals surface area contributed by atoms with Crippen LogP contribution in [0.3, 0.4) is 0 Å². The van der Waals surface area contributed by atoms with Gasteiger partial charge in [-0.25, -0.2) is 13.5 Å². The Bertz CT molecular complexity index is 1380. The highest BCUT2D eigenvalue weighted by atomic mass is 19.1. The van der Waals surface area contributed by atoms with Gasteiger partial charge in [-0.2, -0.15) is 5.10 Å². The van der Waals surface area contributed by atoms with Crippen LogP contribution in [0.2, 0.25) is 0 Å². The smallest absolute Gasteiger partial charge is 0.325 e. The third kappa shape index (κ3) is 4.14. The molecule has 0 bridgehead atoms. The highest BCUT2D eigenvalue weighted by Gasteiger charge is 2.18. The number of pyridine rings is 1. The van der Waals surface area contributed by atoms with E-state index in [0.29, 0.717) is 28.6 Å². The first-order chi connectivity index (χ1) is 15.4. The Balaban J connectivity index is 1.74. The molecular weight excluding hydrogens is 418 g/mol. The van der Waals surface area contributed by atoms with Gasteiger partial charge in [0.2, 0.25) is 0 Å². The minimum atomic E-state index is -0.524. The molecule has 0 N–H and O–H groups in total. The van der Waals surface area contributed by atoms with E-state index >= 15 is 0 Å². The molecule has 0 aliphatic carbocycles. The van der Waals surface area contributed by atoms with Crippen molar-refractivity contribution in [2.45, 2.75) is 26.4 Å². The first-order valence-corrected chi connectivity index (χ1v) is 9.87. The summed E-state index contributed by atoms with van der Waals surface area (Å²) in [7, 11) is 1.31. The van der Waals surface area contributed by atoms with Gasteiger partial charge in [0.1, 0.15) is 18.2 Å². The Kier molecular flexibility index (Phi) is 5.81. The molecule has 0 saturated carbocycles. The summed E-state index contributed by atoms with van der Waals surface area (Å²) in [4.78, 5) is 27.9. The number of benzene rings is 1. The average molecular weight is 438 g/mol. The van der Waals surface area contributed by atoms with Gasteiger partial charge in [-0.1, -0.05) is 0 Å². The fourth-order valence-electron chi connectivity index (χ4n) is 3.72. The molecule has 32 heavy (non-hydrogen) atoms. The second-order valence-electron chi connectivity index (χ2n) is 7.35. The van der Waals surface area contributed by atoms with Crippen molar-refractivity contribution in [2.24, 2.45) is 0 Å². The monoisotopic (exact) mass is 438 g/mol. The zero-order valence-corrected chi connectivity index (χ0v) is 17.5. The van der Waals surface area contributed by atoms with Crippen molar-refractivity contribution in [1.82, 2.24) is 19.3 Å². The Morgan fingerprint density at radius 1 is 1.16 bits per heavy atom. The maximum atomic E-state index is 14.0. The molecule has 4 rings (SSSR count). The largest absolute Gasteiger partial charge is 0.468 e. The number of methoxy groups -OCH3 is 1. The molecule has 0 aliphatic heterocycles. The molecule has 0 radical (unpaired) electrons. The van der Waals surface area contributed by atoms with Gasteiger partial charge in [0.05, 0.1) is 25.5 Å². The van der Waals surface area contributed by atoms with E-state index in [2.05, 4.69) is 10.1 Å². The summed E-state index contributed by atoms with van der Waals surface area (Å²) in [6, 6.07) is 8.80. The van der Waals surface area contributed by atoms with Crippen LogP contribution in [-0.4, -0.2) is 32.4 Å². The molecule has 164 valence electrons. The van der Waals surface area contributed by atoms with Gasteiger partial charge in [-0.15, -0.1) is 0 Å². The minimum Gasteiger partial charge on any atom is -0.468 e. The maximum absolute atomic E-state index is 14.0. The van der Waals surface area contributed by atoms with Crippen molar-refractivity contribution in [3.8, 4) is 0 Å². The summed E-state index contributed by atoms with van der Waals surface area (Å²) in [6.45, 7) is 1.77. The molecule has 0 amide bonds. The van der Waals surface area contributed by atoms with Gasteiger partial charge in [-0.05, 0) is 42.8 Å². The first kappa shape index (κ1) is 21.4. The Morgan fingerprint density at radius 3 is 2.72 bits per heavy atom. The lowest BCUT2D eigenvalue weighted by atomic mass is 10.1. The predicted molar refractivity (Wildman–Crippen MR) is 113 cm³/mol. The number of ether oxygens (including phenoxy) is 1. The van der Waals surface area contributed by atoms with E-state index < -0.39 is 17.6 Å². The van der Waals surface area contributed by atoms with Gasteiger partial charge in [0.15, 0.2) is 0 Å². The number of carbonyl (C=O) groups is 1. The van der Waals surface area contributed by atoms with Crippen molar-refractivity contribution in [3.63, 3.8) is 0 Å². The molecule has 0 aliphatic rings. The highest BCUT2D eigenvalue weighted by molar-refractivity contribution is 5.87. The summed E-state index contributed by atoms with van der Waals surface area (Å²) < 4.78 is 35.7. The van der Waals surface area contributed by atoms with Crippen LogP contribution in [0.5, 0.6) is 0 Å². The molecule has 0 unspecified atom stereocenters. The van der Waals surface area contributed by atoms with E-state index in [1.165, 1.54) is 42.3 Å². The molecule has 0 saturated heterocycles. The minimum absolute atomic E-state index is 0.0152. The fraction of sp³-hybridized carbons (Fsp3) is 0.217. The number of nitrogens with zero attached hydrogens (tertiary/aromatic N) is 4. The molecule has 9 heteroatoms. The van der Waals surface area contributed by atoms with Crippen LogP contribution in [0, 0.1) is 18.6 Å². The zero-order valence-electron chi connectivity index (χ0n) is 17.5. The zero-order chi connectivity index (χ0) is 22.8. The Hall–Kier alpha value is -3.88. The normalized spacial score (nSPS) is 11.1. The van der Waals surface area contributed by atoms with E-state index in [9.17, 15) is 18.4 Å². The molecular formula is C23H20F2N4O3. The van der Waals surface area contributed by atoms with Crippen molar-refractivity contribution in [2.75, 3.05) is 7.11 Å². The van der Waals surface area contributed by atoms with Gasteiger partial charge < -0.3 is 9.30 Å². The standard InChI is InChI=1S/C23H20F2N4O3/c1-14-18(19-9-16(24)3-5-21(19)28(14)13-23(31)32-2)10-17-4-6-22(30)29(27-17)12-15-7-8-26-11-20(15)25/h3-9,11H,10,12-13H2,1-2H3. The van der Waals surface area contributed by atoms with Crippen molar-refractivity contribution >= 4 is 16.9 Å². The van der Waals surface area contributed by atoms with E-state index in [-0.39, 0.29) is 18.6 Å². The number of halogens is 2. The summed E-state index contributed by atoms with van der Waals surface area (Å²) in [5, 5.41) is 5.03. The molecule has 3 heterocycles. The van der Waals surface area contributed by atoms with E-state index in [1.54, 1.807) is 16.7 Å². The third-order valence-corrected chi connectivity index (χ3v) is 5.39. The van der Waals surface area contributed by atoms with Crippen molar-refractivity contribution in [3.05, 3.63) is 93.3 Å². The van der Waals surface area contributed by atoms with Gasteiger partial charge >= 0.3 is 5.97 Å². The quantitative estimate of drug-likeness (QED) is 0.433. The Morgan fingerprint density at radius 2 is 1.97 bits per heavy atom. The Labute approximate surface area is 181 Å². The van der Waals surface area contributed by atoms with Crippen LogP contribution in [-0.2, 0) is 29.0 Å². The van der Waals surface area contributed by atoms with E-state index in [1.807, 2.05) is 6.92 Å². The number of fused-ring (bicyclic) bond motifs is 1. The number of esters is 1. The molecule has 4 aromatic rings. The second kappa shape index (κ2) is 8.70. The molecule has 3 aromatic heterocycles. The van der Waals surface area contributed by atoms with Crippen LogP contribution in [0.1, 0.15) is 22.5 Å². The first-order valence-electron chi connectivity index (χ1n) is 9.87. The summed E-state index contributed by atoms with van der Waals surface area (Å²) >= 11 is 0. The fourth-order valence-corrected chi connectivity index (χ4v) is 3.72. The molecule has 7 nitrogen and oxygen atoms in total. The van der Waals surface area contributed by atoms with Crippen molar-refractivity contribution < 1.29 is 18.3 Å². The van der Waals surface area contributed by atoms with Crippen LogP contribution < -0.4 is 5.56 Å². The SMILES string of the molecule is COC(=O)Cn1c(C)c(Cc2ccc(=O)n(Cc3ccncc3F)n2)c2cc(F)ccc21. The van der Waals surface area contributed by atoms with Crippen molar-refractivity contribution in [1.29, 1.82) is 0 Å². The van der Waals surface area contributed by atoms with Crippen LogP contribution in [0.25, 0.3) is 10.9 Å². The lowest BCUT2D eigenvalue weighted by Gasteiger charge is -2.09. The van der Waals surface area contributed by atoms with E-state index in [4.69, 9.17) is 4.74 Å². The summed E-state index contributed by atoms with van der Waals surface area (Å²) in [6.07, 6.45) is 2.82. The highest BCUT2D eigenvalue weighted by Crippen LogP contribution is 2.28. The number of rotatable bonds is 6. The number of carbonyl (C=O) groups excluding carboxylic acids is 1. The van der Waals surface area contributed by atoms with Gasteiger partial charge in [0, 0.05) is 40.8 Å². The number of hydrogen-bond donors (Lipinski definition) is 0. The number of hydrogen-bond acceptors (Lipinski definition) is 5. The molecule has 0 atom stereocenters. The maximum Gasteiger partial charge on any atom is 0.325 e. The topological polar surface area (TPSA) is 79.0 Å². The average Bonchev–Trinajstić information content (AvgIpc) is 3.02. The van der Waals surface area contributed by atoms with Crippen LogP contribution in [0.15, 0.2) is 53.6 Å². The van der Waals surface area contributed by atoms with Crippen LogP contribution >= 0.6 is 0 Å². The lowest BCUT2D eigenvalue weighted by molar-refractivity contribution is -0.141. The summed E-state index contributed by atoms with van der Waals surface area (Å²) in [5.41, 5.74) is 2.69. The molecule has 0 fully saturated rings. The lowest BCUT2D eigenvalue weighted by Crippen LogP contribution is -2.24. The van der Waals surface area contributed by atoms with Gasteiger partial charge in [0.25, 0.3) is 5.56 Å². The van der Waals surface area contributed by atoms with E-state index in [0.717, 1.165) is 17.5 Å². The summed E-state index contributed by atoms with van der Waals surface area (Å²) in [5.74, 6) is -1.35. The van der Waals surface area contributed by atoms with Gasteiger partial charge in [-0.3, -0.25) is 14.6 Å². The number of aromatic nitrogens is 4. The predicted octanol–water partition coefficient (Wildman–Crippen LogP) is 2.99. The molecule has 1 aromatic carbocycles. The van der Waals surface area contributed by atoms with Crippen LogP contribution in [0.4, 0.5) is 8.78 Å². The molecule has 0 spiro atoms. The third-order valence-electron chi connectivity index (χ3n) is 5.39.